The molecule has 10 nitrogen and oxygen atoms in total. The number of fused-ring (bicyclic) bond motifs is 1. The molecule has 2 aromatic heterocycles. The van der Waals surface area contributed by atoms with E-state index in [1.54, 1.807) is 23.7 Å². The van der Waals surface area contributed by atoms with Crippen molar-refractivity contribution in [1.29, 1.82) is 0 Å². The van der Waals surface area contributed by atoms with E-state index in [0.29, 0.717) is 29.9 Å². The summed E-state index contributed by atoms with van der Waals surface area (Å²) in [5, 5.41) is 10.3. The summed E-state index contributed by atoms with van der Waals surface area (Å²) in [7, 11) is -1.75. The molecule has 2 atom stereocenters. The van der Waals surface area contributed by atoms with Gasteiger partial charge in [-0.15, -0.1) is 0 Å². The van der Waals surface area contributed by atoms with Crippen molar-refractivity contribution < 1.29 is 18.0 Å². The molecule has 0 radical (unpaired) electrons. The number of rotatable bonds is 7. The standard InChI is InChI=1S/C23H28N6O4S/c1-4-14-11-28(34(3,32)33)13-19(14)27-21-18(22(24)30)10-26-29-12-17(9-20(21)29)15-5-7-16(8-6-15)23(31)25-2/h5-10,12,14,19,27H,4,11,13H2,1-3H3,(H2,24,30)(H,25,31)/t14-,19+/m0/s1. The van der Waals surface area contributed by atoms with E-state index in [1.807, 2.05) is 31.3 Å². The van der Waals surface area contributed by atoms with Gasteiger partial charge < -0.3 is 16.4 Å². The van der Waals surface area contributed by atoms with Crippen LogP contribution in [0.1, 0.15) is 34.1 Å². The van der Waals surface area contributed by atoms with E-state index < -0.39 is 15.9 Å². The molecular formula is C23H28N6O4S. The second kappa shape index (κ2) is 9.07. The number of amides is 2. The van der Waals surface area contributed by atoms with Gasteiger partial charge in [-0.2, -0.15) is 9.40 Å². The lowest BCUT2D eigenvalue weighted by Gasteiger charge is -2.21. The van der Waals surface area contributed by atoms with Crippen LogP contribution in [0.15, 0.2) is 42.7 Å². The van der Waals surface area contributed by atoms with Crippen LogP contribution in [0, 0.1) is 5.92 Å². The minimum absolute atomic E-state index is 0.0790. The zero-order valence-corrected chi connectivity index (χ0v) is 20.1. The Kier molecular flexibility index (Phi) is 6.32. The second-order valence-corrected chi connectivity index (χ2v) is 10.5. The molecule has 0 bridgehead atoms. The molecule has 1 aromatic carbocycles. The number of nitrogens with one attached hydrogen (secondary N) is 2. The Bertz CT molecular complexity index is 1350. The number of aromatic nitrogens is 2. The van der Waals surface area contributed by atoms with Crippen molar-refractivity contribution in [3.63, 3.8) is 0 Å². The molecule has 3 aromatic rings. The quantitative estimate of drug-likeness (QED) is 0.465. The monoisotopic (exact) mass is 484 g/mol. The first-order valence-electron chi connectivity index (χ1n) is 11.0. The van der Waals surface area contributed by atoms with Crippen molar-refractivity contribution in [2.45, 2.75) is 19.4 Å². The van der Waals surface area contributed by atoms with Gasteiger partial charge >= 0.3 is 0 Å². The molecular weight excluding hydrogens is 456 g/mol. The maximum Gasteiger partial charge on any atom is 0.252 e. The highest BCUT2D eigenvalue weighted by atomic mass is 32.2. The van der Waals surface area contributed by atoms with Crippen LogP contribution >= 0.6 is 0 Å². The first-order chi connectivity index (χ1) is 16.1. The molecule has 1 saturated heterocycles. The van der Waals surface area contributed by atoms with Gasteiger partial charge in [0.25, 0.3) is 11.8 Å². The van der Waals surface area contributed by atoms with Gasteiger partial charge in [-0.05, 0) is 29.7 Å². The molecule has 4 rings (SSSR count). The van der Waals surface area contributed by atoms with Gasteiger partial charge in [-0.25, -0.2) is 12.9 Å². The molecule has 2 amide bonds. The van der Waals surface area contributed by atoms with Crippen LogP contribution in [0.25, 0.3) is 16.6 Å². The maximum atomic E-state index is 12.2. The van der Waals surface area contributed by atoms with Crippen molar-refractivity contribution >= 4 is 33.0 Å². The highest BCUT2D eigenvalue weighted by Crippen LogP contribution is 2.32. The number of benzene rings is 1. The predicted molar refractivity (Wildman–Crippen MR) is 130 cm³/mol. The van der Waals surface area contributed by atoms with Gasteiger partial charge in [-0.3, -0.25) is 9.59 Å². The number of carbonyl (C=O) groups excluding carboxylic acids is 2. The van der Waals surface area contributed by atoms with Crippen molar-refractivity contribution in [1.82, 2.24) is 19.2 Å². The van der Waals surface area contributed by atoms with Gasteiger partial charge in [0.05, 0.1) is 29.2 Å². The fourth-order valence-corrected chi connectivity index (χ4v) is 5.27. The number of carbonyl (C=O) groups is 2. The van der Waals surface area contributed by atoms with Crippen LogP contribution in [0.3, 0.4) is 0 Å². The second-order valence-electron chi connectivity index (χ2n) is 8.51. The number of hydrogen-bond acceptors (Lipinski definition) is 6. The molecule has 4 N–H and O–H groups in total. The Labute approximate surface area is 198 Å². The summed E-state index contributed by atoms with van der Waals surface area (Å²) < 4.78 is 27.3. The van der Waals surface area contributed by atoms with Crippen molar-refractivity contribution in [3.8, 4) is 11.1 Å². The Morgan fingerprint density at radius 2 is 1.88 bits per heavy atom. The zero-order chi connectivity index (χ0) is 24.6. The average molecular weight is 485 g/mol. The fraction of sp³-hybridized carbons (Fsp3) is 0.348. The van der Waals surface area contributed by atoms with E-state index in [2.05, 4.69) is 15.7 Å². The molecule has 0 aliphatic carbocycles. The fourth-order valence-electron chi connectivity index (χ4n) is 4.38. The highest BCUT2D eigenvalue weighted by molar-refractivity contribution is 7.88. The van der Waals surface area contributed by atoms with E-state index in [4.69, 9.17) is 5.73 Å². The number of sulfonamides is 1. The first kappa shape index (κ1) is 23.7. The first-order valence-corrected chi connectivity index (χ1v) is 12.8. The smallest absolute Gasteiger partial charge is 0.252 e. The zero-order valence-electron chi connectivity index (χ0n) is 19.3. The lowest BCUT2D eigenvalue weighted by Crippen LogP contribution is -2.32. The van der Waals surface area contributed by atoms with Crippen LogP contribution in [0.2, 0.25) is 0 Å². The van der Waals surface area contributed by atoms with Crippen molar-refractivity contribution in [3.05, 3.63) is 53.9 Å². The number of nitrogens with two attached hydrogens (primary N) is 1. The van der Waals surface area contributed by atoms with Crippen LogP contribution in [-0.2, 0) is 10.0 Å². The minimum Gasteiger partial charge on any atom is -0.378 e. The molecule has 34 heavy (non-hydrogen) atoms. The van der Waals surface area contributed by atoms with Gasteiger partial charge in [0.1, 0.15) is 0 Å². The van der Waals surface area contributed by atoms with E-state index in [-0.39, 0.29) is 23.4 Å². The SMILES string of the molecule is CC[C@H]1CN(S(C)(=O)=O)C[C@H]1Nc1c(C(N)=O)cnn2cc(-c3ccc(C(=O)NC)cc3)cc12. The van der Waals surface area contributed by atoms with Crippen LogP contribution in [0.5, 0.6) is 0 Å². The minimum atomic E-state index is -3.33. The summed E-state index contributed by atoms with van der Waals surface area (Å²) in [5.41, 5.74) is 9.32. The van der Waals surface area contributed by atoms with Crippen LogP contribution < -0.4 is 16.4 Å². The molecule has 1 aliphatic heterocycles. The summed E-state index contributed by atoms with van der Waals surface area (Å²) in [6.07, 6.45) is 5.23. The molecule has 11 heteroatoms. The lowest BCUT2D eigenvalue weighted by molar-refractivity contribution is 0.0961. The Morgan fingerprint density at radius 3 is 2.47 bits per heavy atom. The van der Waals surface area contributed by atoms with E-state index in [1.165, 1.54) is 16.8 Å². The molecule has 0 unspecified atom stereocenters. The topological polar surface area (TPSA) is 139 Å². The molecule has 0 saturated carbocycles. The van der Waals surface area contributed by atoms with E-state index in [9.17, 15) is 18.0 Å². The Balaban J connectivity index is 1.74. The van der Waals surface area contributed by atoms with Crippen molar-refractivity contribution in [2.75, 3.05) is 31.7 Å². The van der Waals surface area contributed by atoms with Crippen molar-refractivity contribution in [2.24, 2.45) is 11.7 Å². The third-order valence-electron chi connectivity index (χ3n) is 6.34. The molecule has 3 heterocycles. The normalized spacial score (nSPS) is 18.8. The third-order valence-corrected chi connectivity index (χ3v) is 7.58. The van der Waals surface area contributed by atoms with E-state index in [0.717, 1.165) is 17.5 Å². The Hall–Kier alpha value is -3.44. The van der Waals surface area contributed by atoms with Gasteiger partial charge in [0.2, 0.25) is 10.0 Å². The highest BCUT2D eigenvalue weighted by Gasteiger charge is 2.36. The molecule has 1 aliphatic rings. The summed E-state index contributed by atoms with van der Waals surface area (Å²) in [5.74, 6) is -0.713. The van der Waals surface area contributed by atoms with Gasteiger partial charge in [-0.1, -0.05) is 25.5 Å². The average Bonchev–Trinajstić information content (AvgIpc) is 3.43. The lowest BCUT2D eigenvalue weighted by atomic mass is 10.00. The number of nitrogens with zero attached hydrogens (tertiary/aromatic N) is 3. The number of hydrogen-bond donors (Lipinski definition) is 3. The van der Waals surface area contributed by atoms with Crippen LogP contribution in [-0.4, -0.2) is 66.6 Å². The number of primary amides is 1. The van der Waals surface area contributed by atoms with Gasteiger partial charge in [0.15, 0.2) is 0 Å². The summed E-state index contributed by atoms with van der Waals surface area (Å²) >= 11 is 0. The largest absolute Gasteiger partial charge is 0.378 e. The third kappa shape index (κ3) is 4.48. The molecule has 180 valence electrons. The summed E-state index contributed by atoms with van der Waals surface area (Å²) in [6, 6.07) is 8.87. The molecule has 0 spiro atoms. The number of anilines is 1. The van der Waals surface area contributed by atoms with E-state index >= 15 is 0 Å². The summed E-state index contributed by atoms with van der Waals surface area (Å²) in [4.78, 5) is 24.0. The Morgan fingerprint density at radius 1 is 1.18 bits per heavy atom. The maximum absolute atomic E-state index is 12.2. The summed E-state index contributed by atoms with van der Waals surface area (Å²) in [6.45, 7) is 2.74. The van der Waals surface area contributed by atoms with Gasteiger partial charge in [0, 0.05) is 43.5 Å². The van der Waals surface area contributed by atoms with Crippen LogP contribution in [0.4, 0.5) is 5.69 Å². The predicted octanol–water partition coefficient (Wildman–Crippen LogP) is 1.54. The molecule has 1 fully saturated rings.